The highest BCUT2D eigenvalue weighted by molar-refractivity contribution is 7.22. The average Bonchev–Trinajstić information content (AvgIpc) is 3.43. The molecule has 0 saturated carbocycles. The van der Waals surface area contributed by atoms with E-state index in [1.165, 1.54) is 35.2 Å². The number of fused-ring (bicyclic) bond motifs is 1. The van der Waals surface area contributed by atoms with Crippen molar-refractivity contribution >= 4 is 44.1 Å². The Balaban J connectivity index is 1.70. The lowest BCUT2D eigenvalue weighted by atomic mass is 9.95. The maximum Gasteiger partial charge on any atom is 0.301 e. The molecule has 0 aliphatic carbocycles. The summed E-state index contributed by atoms with van der Waals surface area (Å²) in [5.74, 6) is -2.01. The van der Waals surface area contributed by atoms with Crippen LogP contribution in [0, 0.1) is 5.82 Å². The van der Waals surface area contributed by atoms with Gasteiger partial charge in [-0.15, -0.1) is 0 Å². The van der Waals surface area contributed by atoms with Gasteiger partial charge in [0.05, 0.1) is 35.0 Å². The van der Waals surface area contributed by atoms with Crippen molar-refractivity contribution in [2.24, 2.45) is 0 Å². The highest BCUT2D eigenvalue weighted by atomic mass is 32.1. The van der Waals surface area contributed by atoms with Crippen LogP contribution in [-0.2, 0) is 9.59 Å². The van der Waals surface area contributed by atoms with Crippen molar-refractivity contribution in [3.8, 4) is 17.2 Å². The summed E-state index contributed by atoms with van der Waals surface area (Å²) in [6, 6.07) is 13.9. The van der Waals surface area contributed by atoms with Crippen LogP contribution in [0.1, 0.15) is 31.0 Å². The summed E-state index contributed by atoms with van der Waals surface area (Å²) < 4.78 is 25.3. The Kier molecular flexibility index (Phi) is 6.73. The van der Waals surface area contributed by atoms with Gasteiger partial charge >= 0.3 is 5.91 Å². The van der Waals surface area contributed by atoms with Crippen LogP contribution in [0.15, 0.2) is 66.2 Å². The predicted molar refractivity (Wildman–Crippen MR) is 141 cm³/mol. The molecule has 1 fully saturated rings. The van der Waals surface area contributed by atoms with Crippen molar-refractivity contribution in [1.82, 2.24) is 4.98 Å². The number of thiazole rings is 1. The monoisotopic (exact) mass is 534 g/mol. The molecule has 0 bridgehead atoms. The normalized spacial score (nSPS) is 16.8. The fourth-order valence-electron chi connectivity index (χ4n) is 4.34. The molecule has 1 atom stereocenters. The summed E-state index contributed by atoms with van der Waals surface area (Å²) in [6.45, 7) is 4.34. The Bertz CT molecular complexity index is 1580. The first-order chi connectivity index (χ1) is 18.3. The smallest absolute Gasteiger partial charge is 0.301 e. The average molecular weight is 535 g/mol. The number of carbonyl (C=O) groups is 2. The van der Waals surface area contributed by atoms with Gasteiger partial charge in [-0.1, -0.05) is 17.4 Å². The van der Waals surface area contributed by atoms with E-state index in [0.29, 0.717) is 33.7 Å². The van der Waals surface area contributed by atoms with Crippen molar-refractivity contribution in [3.05, 3.63) is 83.2 Å². The third-order valence-corrected chi connectivity index (χ3v) is 7.05. The number of anilines is 1. The van der Waals surface area contributed by atoms with E-state index in [2.05, 4.69) is 4.98 Å². The number of ether oxygens (including phenoxy) is 2. The number of aromatic hydroxyl groups is 1. The van der Waals surface area contributed by atoms with Crippen LogP contribution in [0.4, 0.5) is 9.52 Å². The molecule has 10 heteroatoms. The molecule has 5 rings (SSSR count). The summed E-state index contributed by atoms with van der Waals surface area (Å²) in [5, 5.41) is 21.7. The maximum absolute atomic E-state index is 13.8. The van der Waals surface area contributed by atoms with E-state index in [-0.39, 0.29) is 34.6 Å². The molecule has 1 unspecified atom stereocenters. The van der Waals surface area contributed by atoms with Crippen molar-refractivity contribution in [2.75, 3.05) is 18.1 Å². The van der Waals surface area contributed by atoms with Gasteiger partial charge in [0.2, 0.25) is 0 Å². The van der Waals surface area contributed by atoms with E-state index in [4.69, 9.17) is 9.47 Å². The van der Waals surface area contributed by atoms with Crippen molar-refractivity contribution < 1.29 is 33.7 Å². The Hall–Kier alpha value is -4.44. The minimum absolute atomic E-state index is 0.116. The highest BCUT2D eigenvalue weighted by Gasteiger charge is 2.48. The molecular weight excluding hydrogens is 511 g/mol. The Morgan fingerprint density at radius 2 is 1.76 bits per heavy atom. The van der Waals surface area contributed by atoms with Crippen LogP contribution in [0.2, 0.25) is 0 Å². The lowest BCUT2D eigenvalue weighted by Crippen LogP contribution is -2.29. The molecule has 8 nitrogen and oxygen atoms in total. The van der Waals surface area contributed by atoms with Gasteiger partial charge in [0.1, 0.15) is 17.3 Å². The summed E-state index contributed by atoms with van der Waals surface area (Å²) in [7, 11) is 0. The van der Waals surface area contributed by atoms with Crippen LogP contribution in [-0.4, -0.2) is 40.1 Å². The number of aliphatic hydroxyl groups excluding tert-OH is 1. The van der Waals surface area contributed by atoms with Crippen molar-refractivity contribution in [1.29, 1.82) is 0 Å². The maximum atomic E-state index is 13.8. The number of phenolic OH excluding ortho intramolecular Hbond substituents is 1. The van der Waals surface area contributed by atoms with E-state index in [0.717, 1.165) is 11.3 Å². The van der Waals surface area contributed by atoms with Crippen molar-refractivity contribution in [2.45, 2.75) is 19.9 Å². The molecule has 1 aliphatic rings. The number of ketones is 1. The molecule has 1 aliphatic heterocycles. The predicted octanol–water partition coefficient (Wildman–Crippen LogP) is 5.56. The molecule has 4 aromatic rings. The van der Waals surface area contributed by atoms with E-state index in [1.54, 1.807) is 37.3 Å². The number of rotatable bonds is 7. The molecule has 194 valence electrons. The molecule has 1 amide bonds. The van der Waals surface area contributed by atoms with Gasteiger partial charge in [-0.2, -0.15) is 0 Å². The number of phenols is 1. The number of carbonyl (C=O) groups excluding carboxylic acids is 2. The van der Waals surface area contributed by atoms with Crippen molar-refractivity contribution in [3.63, 3.8) is 0 Å². The summed E-state index contributed by atoms with van der Waals surface area (Å²) >= 11 is 1.05. The SMILES string of the molecule is CCOc1ccc(/C(O)=C2\C(=O)C(=O)N(c3nc4ccc(F)cc4s3)C2c2ccc(O)c(OCC)c2)cc1. The number of hydrogen-bond acceptors (Lipinski definition) is 8. The first-order valence-corrected chi connectivity index (χ1v) is 12.7. The Labute approximate surface area is 221 Å². The largest absolute Gasteiger partial charge is 0.507 e. The van der Waals surface area contributed by atoms with E-state index in [9.17, 15) is 24.2 Å². The van der Waals surface area contributed by atoms with Gasteiger partial charge in [0.25, 0.3) is 5.78 Å². The van der Waals surface area contributed by atoms with Crippen LogP contribution in [0.5, 0.6) is 17.2 Å². The molecule has 3 aromatic carbocycles. The third-order valence-electron chi connectivity index (χ3n) is 6.03. The van der Waals surface area contributed by atoms with Crippen LogP contribution >= 0.6 is 11.3 Å². The molecule has 38 heavy (non-hydrogen) atoms. The van der Waals surface area contributed by atoms with E-state index < -0.39 is 23.5 Å². The summed E-state index contributed by atoms with van der Waals surface area (Å²) in [6.07, 6.45) is 0. The molecule has 2 heterocycles. The van der Waals surface area contributed by atoms with Crippen LogP contribution in [0.3, 0.4) is 0 Å². The lowest BCUT2D eigenvalue weighted by Gasteiger charge is -2.23. The minimum atomic E-state index is -1.09. The number of nitrogens with zero attached hydrogens (tertiary/aromatic N) is 2. The standard InChI is InChI=1S/C28H23FN2O6S/c1-3-36-18-9-5-15(6-10-18)25(33)23-24(16-7-12-20(32)21(13-16)37-4-2)31(27(35)26(23)34)28-30-19-11-8-17(29)14-22(19)38-28/h5-14,24,32-33H,3-4H2,1-2H3/b25-23+. The molecule has 2 N–H and O–H groups in total. The topological polar surface area (TPSA) is 109 Å². The first-order valence-electron chi connectivity index (χ1n) is 11.9. The highest BCUT2D eigenvalue weighted by Crippen LogP contribution is 2.45. The second-order valence-corrected chi connectivity index (χ2v) is 9.40. The molecular formula is C28H23FN2O6S. The minimum Gasteiger partial charge on any atom is -0.507 e. The zero-order valence-electron chi connectivity index (χ0n) is 20.5. The zero-order valence-corrected chi connectivity index (χ0v) is 21.3. The molecule has 0 spiro atoms. The number of amides is 1. The van der Waals surface area contributed by atoms with Crippen LogP contribution in [0.25, 0.3) is 16.0 Å². The number of aromatic nitrogens is 1. The number of aliphatic hydroxyl groups is 1. The third kappa shape index (κ3) is 4.43. The van der Waals surface area contributed by atoms with Gasteiger partial charge in [0.15, 0.2) is 16.6 Å². The zero-order chi connectivity index (χ0) is 27.0. The summed E-state index contributed by atoms with van der Waals surface area (Å²) in [4.78, 5) is 32.5. The Morgan fingerprint density at radius 1 is 1.03 bits per heavy atom. The fourth-order valence-corrected chi connectivity index (χ4v) is 5.35. The van der Waals surface area contributed by atoms with Gasteiger partial charge in [0, 0.05) is 5.56 Å². The van der Waals surface area contributed by atoms with E-state index in [1.807, 2.05) is 6.92 Å². The molecule has 1 saturated heterocycles. The quantitative estimate of drug-likeness (QED) is 0.181. The first kappa shape index (κ1) is 25.2. The Morgan fingerprint density at radius 3 is 2.47 bits per heavy atom. The fraction of sp³-hybridized carbons (Fsp3) is 0.179. The summed E-state index contributed by atoms with van der Waals surface area (Å²) in [5.41, 5.74) is 1.02. The van der Waals surface area contributed by atoms with E-state index >= 15 is 0 Å². The second-order valence-electron chi connectivity index (χ2n) is 8.40. The number of Topliss-reactive ketones (excluding diaryl/α,β-unsaturated/α-hetero) is 1. The number of halogens is 1. The van der Waals surface area contributed by atoms with Gasteiger partial charge in [-0.05, 0) is 74.0 Å². The number of benzene rings is 3. The van der Waals surface area contributed by atoms with Gasteiger partial charge in [-0.3, -0.25) is 14.5 Å². The molecule has 1 aromatic heterocycles. The number of hydrogen-bond donors (Lipinski definition) is 2. The van der Waals surface area contributed by atoms with Crippen LogP contribution < -0.4 is 14.4 Å². The van der Waals surface area contributed by atoms with Gasteiger partial charge < -0.3 is 19.7 Å². The molecule has 0 radical (unpaired) electrons. The van der Waals surface area contributed by atoms with Gasteiger partial charge in [-0.25, -0.2) is 9.37 Å². The second kappa shape index (κ2) is 10.1. The lowest BCUT2D eigenvalue weighted by molar-refractivity contribution is -0.132.